The first-order valence-electron chi connectivity index (χ1n) is 4.13. The van der Waals surface area contributed by atoms with Crippen molar-refractivity contribution in [2.45, 2.75) is 32.1 Å². The van der Waals surface area contributed by atoms with E-state index in [-0.39, 0.29) is 35.5 Å². The summed E-state index contributed by atoms with van der Waals surface area (Å²) in [6, 6.07) is 0. The summed E-state index contributed by atoms with van der Waals surface area (Å²) in [5, 5.41) is 0. The molecule has 0 saturated heterocycles. The van der Waals surface area contributed by atoms with Gasteiger partial charge in [0.15, 0.2) is 0 Å². The van der Waals surface area contributed by atoms with Gasteiger partial charge in [-0.05, 0) is 18.6 Å². The van der Waals surface area contributed by atoms with Crippen LogP contribution < -0.4 is 29.6 Å². The minimum absolute atomic E-state index is 0. The first kappa shape index (κ1) is 16.2. The topological polar surface area (TPSA) is 49.4 Å². The second-order valence-corrected chi connectivity index (χ2v) is 3.21. The summed E-state index contributed by atoms with van der Waals surface area (Å²) in [6.07, 6.45) is 4.37. The molecule has 0 aromatic rings. The van der Waals surface area contributed by atoms with Crippen molar-refractivity contribution >= 4 is 18.0 Å². The molecule has 0 atom stereocenters. The van der Waals surface area contributed by atoms with Crippen LogP contribution in [-0.4, -0.2) is 23.4 Å². The predicted molar refractivity (Wildman–Crippen MR) is 48.3 cm³/mol. The van der Waals surface area contributed by atoms with Gasteiger partial charge in [-0.3, -0.25) is 16.8 Å². The van der Waals surface area contributed by atoms with E-state index < -0.39 is 0 Å². The molecule has 0 fully saturated rings. The molecule has 5 heteroatoms. The van der Waals surface area contributed by atoms with E-state index >= 15 is 0 Å². The van der Waals surface area contributed by atoms with Crippen molar-refractivity contribution in [3.05, 3.63) is 0 Å². The Morgan fingerprint density at radius 2 is 1.92 bits per heavy atom. The van der Waals surface area contributed by atoms with Crippen molar-refractivity contribution < 1.29 is 43.6 Å². The standard InChI is InChI=1S/C8H16O3S.Na/c1-11-8(9)6-4-2-3-5-7-12-10;/h10H,2-7H2,1H3;/q;+1/p-1. The summed E-state index contributed by atoms with van der Waals surface area (Å²) < 4.78 is 14.4. The quantitative estimate of drug-likeness (QED) is 0.235. The molecule has 13 heavy (non-hydrogen) atoms. The molecule has 0 N–H and O–H groups in total. The monoisotopic (exact) mass is 214 g/mol. The average Bonchev–Trinajstić information content (AvgIpc) is 2.10. The van der Waals surface area contributed by atoms with E-state index in [0.717, 1.165) is 25.7 Å². The number of hydrogen-bond donors (Lipinski definition) is 0. The Morgan fingerprint density at radius 1 is 1.31 bits per heavy atom. The van der Waals surface area contributed by atoms with Gasteiger partial charge in [-0.2, -0.15) is 0 Å². The van der Waals surface area contributed by atoms with Crippen molar-refractivity contribution in [3.63, 3.8) is 0 Å². The van der Waals surface area contributed by atoms with Crippen LogP contribution in [0.25, 0.3) is 0 Å². The Labute approximate surface area is 106 Å². The molecule has 0 radical (unpaired) electrons. The van der Waals surface area contributed by atoms with Gasteiger partial charge in [-0.1, -0.05) is 12.8 Å². The predicted octanol–water partition coefficient (Wildman–Crippen LogP) is -1.02. The summed E-state index contributed by atoms with van der Waals surface area (Å²) in [7, 11) is 1.40. The number of carbonyl (C=O) groups excluding carboxylic acids is 1. The molecule has 3 nitrogen and oxygen atoms in total. The molecule has 0 amide bonds. The van der Waals surface area contributed by atoms with E-state index in [1.54, 1.807) is 0 Å². The Bertz CT molecular complexity index is 122. The number of unbranched alkanes of at least 4 members (excludes halogenated alkanes) is 3. The number of carbonyl (C=O) groups is 1. The van der Waals surface area contributed by atoms with Gasteiger partial charge < -0.3 is 9.29 Å². The summed E-state index contributed by atoms with van der Waals surface area (Å²) in [5.74, 6) is 0.534. The van der Waals surface area contributed by atoms with Crippen LogP contribution in [0.4, 0.5) is 0 Å². The van der Waals surface area contributed by atoms with E-state index in [2.05, 4.69) is 4.74 Å². The Kier molecular flexibility index (Phi) is 15.9. The Hall–Kier alpha value is 0.780. The molecule has 72 valence electrons. The van der Waals surface area contributed by atoms with E-state index in [1.807, 2.05) is 0 Å². The molecule has 0 aromatic heterocycles. The van der Waals surface area contributed by atoms with Crippen molar-refractivity contribution in [1.29, 1.82) is 0 Å². The van der Waals surface area contributed by atoms with Crippen LogP contribution in [0.3, 0.4) is 0 Å². The molecule has 0 saturated carbocycles. The van der Waals surface area contributed by atoms with Crippen LogP contribution >= 0.6 is 12.0 Å². The van der Waals surface area contributed by atoms with Gasteiger partial charge in [0.2, 0.25) is 0 Å². The molecule has 0 aliphatic carbocycles. The molecule has 0 heterocycles. The van der Waals surface area contributed by atoms with Gasteiger partial charge in [0.25, 0.3) is 0 Å². The number of hydrogen-bond acceptors (Lipinski definition) is 4. The third-order valence-electron chi connectivity index (χ3n) is 1.59. The van der Waals surface area contributed by atoms with E-state index in [9.17, 15) is 9.35 Å². The largest absolute Gasteiger partial charge is 1.00 e. The molecular formula is C8H15NaO3S. The Balaban J connectivity index is 0. The summed E-state index contributed by atoms with van der Waals surface area (Å²) in [4.78, 5) is 10.6. The Morgan fingerprint density at radius 3 is 2.46 bits per heavy atom. The maximum atomic E-state index is 10.6. The van der Waals surface area contributed by atoms with Crippen LogP contribution in [-0.2, 0) is 9.53 Å². The van der Waals surface area contributed by atoms with Gasteiger partial charge >= 0.3 is 35.5 Å². The van der Waals surface area contributed by atoms with Crippen LogP contribution in [0.1, 0.15) is 32.1 Å². The van der Waals surface area contributed by atoms with E-state index in [0.29, 0.717) is 24.2 Å². The smallest absolute Gasteiger partial charge is 0.799 e. The number of esters is 1. The van der Waals surface area contributed by atoms with Gasteiger partial charge in [0, 0.05) is 6.42 Å². The third kappa shape index (κ3) is 12.8. The zero-order valence-electron chi connectivity index (χ0n) is 8.38. The third-order valence-corrected chi connectivity index (χ3v) is 2.04. The zero-order valence-corrected chi connectivity index (χ0v) is 11.2. The first-order chi connectivity index (χ1) is 5.81. The van der Waals surface area contributed by atoms with Crippen molar-refractivity contribution in [2.75, 3.05) is 12.9 Å². The molecule has 0 aliphatic heterocycles. The van der Waals surface area contributed by atoms with E-state index in [1.165, 1.54) is 7.11 Å². The van der Waals surface area contributed by atoms with Crippen molar-refractivity contribution in [1.82, 2.24) is 0 Å². The molecule has 0 rings (SSSR count). The fraction of sp³-hybridized carbons (Fsp3) is 0.875. The first-order valence-corrected chi connectivity index (χ1v) is 5.04. The molecule has 0 aromatic carbocycles. The van der Waals surface area contributed by atoms with Crippen LogP contribution in [0.5, 0.6) is 0 Å². The average molecular weight is 214 g/mol. The minimum atomic E-state index is -0.145. The fourth-order valence-electron chi connectivity index (χ4n) is 0.886. The van der Waals surface area contributed by atoms with Crippen molar-refractivity contribution in [3.8, 4) is 0 Å². The summed E-state index contributed by atoms with van der Waals surface area (Å²) >= 11 is 0.629. The van der Waals surface area contributed by atoms with Crippen LogP contribution in [0, 0.1) is 0 Å². The fourth-order valence-corrected chi connectivity index (χ4v) is 1.21. The molecular weight excluding hydrogens is 199 g/mol. The van der Waals surface area contributed by atoms with Gasteiger partial charge in [0.1, 0.15) is 0 Å². The second-order valence-electron chi connectivity index (χ2n) is 2.56. The zero-order chi connectivity index (χ0) is 9.23. The van der Waals surface area contributed by atoms with Gasteiger partial charge in [-0.25, -0.2) is 0 Å². The number of ether oxygens (including phenoxy) is 1. The SMILES string of the molecule is COC(=O)CCCCCCS[O-].[Na+]. The minimum Gasteiger partial charge on any atom is -0.799 e. The maximum Gasteiger partial charge on any atom is 1.00 e. The maximum absolute atomic E-state index is 10.6. The second kappa shape index (κ2) is 12.8. The van der Waals surface area contributed by atoms with Crippen LogP contribution in [0.15, 0.2) is 0 Å². The van der Waals surface area contributed by atoms with Crippen molar-refractivity contribution in [2.24, 2.45) is 0 Å². The molecule has 0 spiro atoms. The summed E-state index contributed by atoms with van der Waals surface area (Å²) in [5.41, 5.74) is 0. The number of rotatable bonds is 7. The molecule has 0 unspecified atom stereocenters. The van der Waals surface area contributed by atoms with Gasteiger partial charge in [-0.15, -0.1) is 0 Å². The summed E-state index contributed by atoms with van der Waals surface area (Å²) in [6.45, 7) is 0. The van der Waals surface area contributed by atoms with Gasteiger partial charge in [0.05, 0.1) is 7.11 Å². The van der Waals surface area contributed by atoms with Crippen LogP contribution in [0.2, 0.25) is 0 Å². The molecule has 0 aliphatic rings. The number of methoxy groups -OCH3 is 1. The van der Waals surface area contributed by atoms with E-state index in [4.69, 9.17) is 0 Å². The molecule has 0 bridgehead atoms. The normalized spacial score (nSPS) is 9.08.